The lowest BCUT2D eigenvalue weighted by Gasteiger charge is -2.38. The molecule has 0 fully saturated rings. The smallest absolute Gasteiger partial charge is 0.146 e. The average molecular weight is 873 g/mol. The molecule has 62 heavy (non-hydrogen) atoms. The third kappa shape index (κ3) is 11.3. The van der Waals surface area contributed by atoms with Gasteiger partial charge in [0.2, 0.25) is 0 Å². The highest BCUT2D eigenvalue weighted by atomic mass is 28.3. The van der Waals surface area contributed by atoms with E-state index in [-0.39, 0.29) is 0 Å². The lowest BCUT2D eigenvalue weighted by atomic mass is 9.99. The molecule has 4 rings (SSSR count). The SMILES string of the molecule is CCc1cc(-c2nnn(CCCCCCCCn3nnc(-c4ccc(C#C[Si](C(C)C)(C(C)C)C(C)C)c(CC)c4)c3CC)c2CC)ccc1C#C[Si](C(C)C)(C(C)C)C(C)C. The highest BCUT2D eigenvalue weighted by Crippen LogP contribution is 2.42. The van der Waals surface area contributed by atoms with Crippen molar-refractivity contribution in [2.45, 2.75) is 221 Å². The van der Waals surface area contributed by atoms with Crippen LogP contribution in [-0.4, -0.2) is 46.1 Å². The van der Waals surface area contributed by atoms with E-state index in [0.29, 0.717) is 33.2 Å². The lowest BCUT2D eigenvalue weighted by Crippen LogP contribution is -2.43. The highest BCUT2D eigenvalue weighted by Gasteiger charge is 2.42. The molecular weight excluding hydrogens is 789 g/mol. The molecule has 8 heteroatoms. The zero-order valence-corrected chi connectivity index (χ0v) is 44.1. The van der Waals surface area contributed by atoms with Gasteiger partial charge in [0.1, 0.15) is 27.5 Å². The summed E-state index contributed by atoms with van der Waals surface area (Å²) in [5, 5.41) is 18.8. The molecule has 4 aromatic rings. The van der Waals surface area contributed by atoms with Gasteiger partial charge in [-0.05, 0) is 107 Å². The molecule has 2 aromatic carbocycles. The van der Waals surface area contributed by atoms with Gasteiger partial charge in [0.15, 0.2) is 0 Å². The predicted octanol–water partition coefficient (Wildman–Crippen LogP) is 14.6. The van der Waals surface area contributed by atoms with E-state index in [1.807, 2.05) is 0 Å². The Morgan fingerprint density at radius 2 is 0.774 bits per heavy atom. The van der Waals surface area contributed by atoms with Crippen molar-refractivity contribution >= 4 is 16.1 Å². The fraction of sp³-hybridized carbons (Fsp3) is 0.630. The quantitative estimate of drug-likeness (QED) is 0.0475. The maximum Gasteiger partial charge on any atom is 0.146 e. The van der Waals surface area contributed by atoms with Gasteiger partial charge in [-0.1, -0.05) is 171 Å². The zero-order valence-electron chi connectivity index (χ0n) is 42.1. The van der Waals surface area contributed by atoms with E-state index in [1.54, 1.807) is 0 Å². The predicted molar refractivity (Wildman–Crippen MR) is 272 cm³/mol. The van der Waals surface area contributed by atoms with E-state index < -0.39 is 16.1 Å². The number of unbranched alkanes of at least 4 members (excludes halogenated alkanes) is 5. The van der Waals surface area contributed by atoms with Crippen LogP contribution in [0.1, 0.15) is 183 Å². The van der Waals surface area contributed by atoms with Crippen molar-refractivity contribution in [1.29, 1.82) is 0 Å². The third-order valence-electron chi connectivity index (χ3n) is 14.4. The van der Waals surface area contributed by atoms with E-state index in [4.69, 9.17) is 10.2 Å². The summed E-state index contributed by atoms with van der Waals surface area (Å²) in [6.45, 7) is 39.4. The van der Waals surface area contributed by atoms with Crippen LogP contribution in [0.5, 0.6) is 0 Å². The van der Waals surface area contributed by atoms with Crippen LogP contribution >= 0.6 is 0 Å². The summed E-state index contributed by atoms with van der Waals surface area (Å²) in [6, 6.07) is 13.6. The second kappa shape index (κ2) is 23.3. The van der Waals surface area contributed by atoms with Crippen LogP contribution in [0.2, 0.25) is 33.2 Å². The topological polar surface area (TPSA) is 61.4 Å². The van der Waals surface area contributed by atoms with Crippen LogP contribution in [-0.2, 0) is 38.8 Å². The van der Waals surface area contributed by atoms with E-state index in [9.17, 15) is 0 Å². The van der Waals surface area contributed by atoms with Crippen LogP contribution in [0.25, 0.3) is 22.5 Å². The van der Waals surface area contributed by atoms with Crippen molar-refractivity contribution in [2.75, 3.05) is 0 Å². The Kier molecular flexibility index (Phi) is 19.1. The van der Waals surface area contributed by atoms with Gasteiger partial charge in [-0.25, -0.2) is 9.36 Å². The minimum absolute atomic E-state index is 0.623. The summed E-state index contributed by atoms with van der Waals surface area (Å²) in [6.07, 6.45) is 10.8. The number of nitrogens with zero attached hydrogens (tertiary/aromatic N) is 6. The van der Waals surface area contributed by atoms with Crippen molar-refractivity contribution in [3.8, 4) is 45.4 Å². The molecule has 0 saturated heterocycles. The first-order chi connectivity index (χ1) is 29.5. The second-order valence-corrected chi connectivity index (χ2v) is 30.9. The Labute approximate surface area is 381 Å². The van der Waals surface area contributed by atoms with Gasteiger partial charge in [0.05, 0.1) is 11.4 Å². The molecule has 2 heterocycles. The summed E-state index contributed by atoms with van der Waals surface area (Å²) in [7, 11) is -3.60. The van der Waals surface area contributed by atoms with Crippen LogP contribution in [0.4, 0.5) is 0 Å². The molecule has 0 unspecified atom stereocenters. The molecule has 0 aliphatic carbocycles. The van der Waals surface area contributed by atoms with Gasteiger partial charge in [-0.2, -0.15) is 0 Å². The van der Waals surface area contributed by atoms with Gasteiger partial charge in [0, 0.05) is 35.3 Å². The summed E-state index contributed by atoms with van der Waals surface area (Å²) in [5.41, 5.74) is 23.4. The van der Waals surface area contributed by atoms with Crippen molar-refractivity contribution in [3.05, 3.63) is 70.0 Å². The number of aryl methyl sites for hydroxylation is 4. The number of rotatable bonds is 21. The summed E-state index contributed by atoms with van der Waals surface area (Å²) < 4.78 is 4.31. The van der Waals surface area contributed by atoms with Gasteiger partial charge < -0.3 is 0 Å². The largest absolute Gasteiger partial charge is 0.249 e. The van der Waals surface area contributed by atoms with Crippen molar-refractivity contribution in [2.24, 2.45) is 0 Å². The van der Waals surface area contributed by atoms with E-state index in [2.05, 4.69) is 190 Å². The minimum atomic E-state index is -1.80. The maximum atomic E-state index is 4.73. The number of benzene rings is 2. The molecule has 2 aromatic heterocycles. The number of hydrogen-bond acceptors (Lipinski definition) is 4. The van der Waals surface area contributed by atoms with E-state index in [0.717, 1.165) is 74.1 Å². The van der Waals surface area contributed by atoms with E-state index >= 15 is 0 Å². The first kappa shape index (κ1) is 50.9. The second-order valence-electron chi connectivity index (χ2n) is 19.8. The first-order valence-electron chi connectivity index (χ1n) is 24.7. The summed E-state index contributed by atoms with van der Waals surface area (Å²) in [5.74, 6) is 7.43. The fourth-order valence-electron chi connectivity index (χ4n) is 10.9. The maximum absolute atomic E-state index is 4.73. The standard InChI is InChI=1S/C54H84N6Si2/c1-17-45-37-49(29-27-47(45)31-35-61(39(5)6,40(7)8)41(9)10)53-51(19-3)59(57-55-53)33-25-23-21-22-24-26-34-60-52(20-4)54(56-58-60)50-30-28-48(46(18-2)38-50)32-36-62(42(11)12,43(13)14)44(15)16/h27-30,37-44H,17-26,33-34H2,1-16H3. The Hall–Kier alpha value is -3.73. The Morgan fingerprint density at radius 1 is 0.452 bits per heavy atom. The molecule has 6 nitrogen and oxygen atoms in total. The molecule has 0 aliphatic heterocycles. The minimum Gasteiger partial charge on any atom is -0.249 e. The summed E-state index contributed by atoms with van der Waals surface area (Å²) in [4.78, 5) is 0. The Morgan fingerprint density at radius 3 is 1.06 bits per heavy atom. The number of hydrogen-bond donors (Lipinski definition) is 0. The highest BCUT2D eigenvalue weighted by molar-refractivity contribution is 6.91. The van der Waals surface area contributed by atoms with Crippen LogP contribution < -0.4 is 0 Å². The average Bonchev–Trinajstić information content (AvgIpc) is 3.85. The molecule has 0 radical (unpaired) electrons. The van der Waals surface area contributed by atoms with Gasteiger partial charge in [-0.3, -0.25) is 0 Å². The molecule has 0 aliphatic rings. The van der Waals surface area contributed by atoms with Gasteiger partial charge >= 0.3 is 0 Å². The fourth-order valence-corrected chi connectivity index (χ4v) is 21.4. The zero-order chi connectivity index (χ0) is 45.8. The third-order valence-corrected chi connectivity index (χ3v) is 27.0. The van der Waals surface area contributed by atoms with E-state index in [1.165, 1.54) is 59.3 Å². The summed E-state index contributed by atoms with van der Waals surface area (Å²) >= 11 is 0. The lowest BCUT2D eigenvalue weighted by molar-refractivity contribution is 0.482. The molecule has 0 atom stereocenters. The molecule has 0 bridgehead atoms. The first-order valence-corrected chi connectivity index (χ1v) is 29.2. The molecule has 338 valence electrons. The molecule has 0 spiro atoms. The molecular formula is C54H84N6Si2. The number of aromatic nitrogens is 6. The molecule has 0 amide bonds. The van der Waals surface area contributed by atoms with Crippen molar-refractivity contribution in [3.63, 3.8) is 0 Å². The Balaban J connectivity index is 1.32. The van der Waals surface area contributed by atoms with Crippen molar-refractivity contribution < 1.29 is 0 Å². The normalized spacial score (nSPS) is 12.3. The van der Waals surface area contributed by atoms with Gasteiger partial charge in [0.25, 0.3) is 0 Å². The molecule has 0 saturated carbocycles. The van der Waals surface area contributed by atoms with Crippen LogP contribution in [0.15, 0.2) is 36.4 Å². The van der Waals surface area contributed by atoms with Crippen LogP contribution in [0.3, 0.4) is 0 Å². The van der Waals surface area contributed by atoms with Gasteiger partial charge in [-0.15, -0.1) is 21.3 Å². The molecule has 0 N–H and O–H groups in total. The van der Waals surface area contributed by atoms with Crippen molar-refractivity contribution in [1.82, 2.24) is 30.0 Å². The van der Waals surface area contributed by atoms with Crippen LogP contribution in [0, 0.1) is 22.9 Å². The Bertz CT molecular complexity index is 1970. The monoisotopic (exact) mass is 873 g/mol.